The molecule has 0 saturated carbocycles. The van der Waals surface area contributed by atoms with Crippen molar-refractivity contribution >= 4 is 17.6 Å². The number of methoxy groups -OCH3 is 1. The van der Waals surface area contributed by atoms with Gasteiger partial charge in [-0.2, -0.15) is 0 Å². The molecule has 1 aliphatic rings. The summed E-state index contributed by atoms with van der Waals surface area (Å²) in [6.07, 6.45) is 1.82. The van der Waals surface area contributed by atoms with E-state index in [1.807, 2.05) is 6.92 Å². The monoisotopic (exact) mass is 448 g/mol. The van der Waals surface area contributed by atoms with Crippen molar-refractivity contribution in [2.24, 2.45) is 5.92 Å². The van der Waals surface area contributed by atoms with Crippen LogP contribution in [-0.4, -0.2) is 80.8 Å². The van der Waals surface area contributed by atoms with Crippen LogP contribution < -0.4 is 15.4 Å². The summed E-state index contributed by atoms with van der Waals surface area (Å²) in [5, 5.41) is 5.58. The summed E-state index contributed by atoms with van der Waals surface area (Å²) < 4.78 is 11.9. The molecule has 1 aliphatic heterocycles. The maximum atomic E-state index is 13.3. The summed E-state index contributed by atoms with van der Waals surface area (Å²) in [5.41, 5.74) is 0.977. The minimum atomic E-state index is -0.293. The molecular weight excluding hydrogens is 408 g/mol. The number of ether oxygens (including phenoxy) is 2. The van der Waals surface area contributed by atoms with Gasteiger partial charge in [0.1, 0.15) is 12.4 Å². The van der Waals surface area contributed by atoms with Gasteiger partial charge in [-0.1, -0.05) is 20.8 Å². The van der Waals surface area contributed by atoms with Gasteiger partial charge in [0.25, 0.3) is 5.91 Å². The lowest BCUT2D eigenvalue weighted by Crippen LogP contribution is -2.46. The van der Waals surface area contributed by atoms with Gasteiger partial charge >= 0.3 is 6.03 Å². The van der Waals surface area contributed by atoms with Gasteiger partial charge in [0, 0.05) is 45.5 Å². The zero-order valence-corrected chi connectivity index (χ0v) is 20.4. The molecule has 3 amide bonds. The van der Waals surface area contributed by atoms with Gasteiger partial charge in [0.15, 0.2) is 0 Å². The number of anilines is 1. The van der Waals surface area contributed by atoms with Crippen LogP contribution in [0.5, 0.6) is 5.75 Å². The lowest BCUT2D eigenvalue weighted by atomic mass is 10.0. The number of carbonyl (C=O) groups is 2. The van der Waals surface area contributed by atoms with E-state index in [1.54, 1.807) is 37.3 Å². The minimum absolute atomic E-state index is 0.0829. The first kappa shape index (κ1) is 25.9. The molecule has 1 aromatic carbocycles. The van der Waals surface area contributed by atoms with E-state index in [9.17, 15) is 9.59 Å². The van der Waals surface area contributed by atoms with Crippen LogP contribution in [0.2, 0.25) is 0 Å². The van der Waals surface area contributed by atoms with Gasteiger partial charge < -0.3 is 25.0 Å². The Kier molecular flexibility index (Phi) is 10.3. The van der Waals surface area contributed by atoms with E-state index in [1.165, 1.54) is 0 Å². The Morgan fingerprint density at radius 3 is 2.62 bits per heavy atom. The van der Waals surface area contributed by atoms with Gasteiger partial charge in [0.05, 0.1) is 11.7 Å². The van der Waals surface area contributed by atoms with E-state index in [0.717, 1.165) is 25.9 Å². The molecule has 8 heteroatoms. The summed E-state index contributed by atoms with van der Waals surface area (Å²) in [7, 11) is 3.48. The zero-order valence-electron chi connectivity index (χ0n) is 20.4. The lowest BCUT2D eigenvalue weighted by Gasteiger charge is -2.35. The first-order chi connectivity index (χ1) is 15.3. The van der Waals surface area contributed by atoms with E-state index >= 15 is 0 Å². The van der Waals surface area contributed by atoms with E-state index < -0.39 is 0 Å². The highest BCUT2D eigenvalue weighted by atomic mass is 16.5. The number of amides is 3. The first-order valence-electron chi connectivity index (χ1n) is 11.6. The van der Waals surface area contributed by atoms with Crippen molar-refractivity contribution in [3.8, 4) is 5.75 Å². The smallest absolute Gasteiger partial charge is 0.319 e. The third kappa shape index (κ3) is 7.10. The van der Waals surface area contributed by atoms with Gasteiger partial charge in [-0.15, -0.1) is 0 Å². The standard InChI is InChI=1S/C24H40N4O4/c1-7-11-25-24(30)26-19-9-10-21-20(13-19)23(29)27(5)15-22(31-6)17(3)14-28(12-8-2)18(4)16-32-21/h9-10,13,17-18,22H,7-8,11-12,14-16H2,1-6H3,(H2,25,26,30)/t17-,18+,22-/m1/s1. The average molecular weight is 449 g/mol. The molecule has 1 aromatic rings. The average Bonchev–Trinajstić information content (AvgIpc) is 2.78. The number of urea groups is 1. The van der Waals surface area contributed by atoms with Crippen LogP contribution in [0.4, 0.5) is 10.5 Å². The Morgan fingerprint density at radius 2 is 1.97 bits per heavy atom. The number of hydrogen-bond donors (Lipinski definition) is 2. The largest absolute Gasteiger partial charge is 0.491 e. The molecule has 8 nitrogen and oxygen atoms in total. The molecule has 0 spiro atoms. The van der Waals surface area contributed by atoms with Crippen LogP contribution >= 0.6 is 0 Å². The van der Waals surface area contributed by atoms with Gasteiger partial charge in [-0.3, -0.25) is 9.69 Å². The highest BCUT2D eigenvalue weighted by molar-refractivity contribution is 5.99. The number of fused-ring (bicyclic) bond motifs is 1. The molecule has 180 valence electrons. The van der Waals surface area contributed by atoms with E-state index in [-0.39, 0.29) is 30.0 Å². The predicted octanol–water partition coefficient (Wildman–Crippen LogP) is 3.43. The molecule has 0 fully saturated rings. The van der Waals surface area contributed by atoms with Crippen LogP contribution in [0.25, 0.3) is 0 Å². The molecule has 0 bridgehead atoms. The zero-order chi connectivity index (χ0) is 23.7. The van der Waals surface area contributed by atoms with Crippen LogP contribution in [0, 0.1) is 5.92 Å². The summed E-state index contributed by atoms with van der Waals surface area (Å²) >= 11 is 0. The number of likely N-dealkylation sites (N-methyl/N-ethyl adjacent to an activating group) is 1. The third-order valence-corrected chi connectivity index (χ3v) is 5.88. The molecule has 0 saturated heterocycles. The summed E-state index contributed by atoms with van der Waals surface area (Å²) in [4.78, 5) is 29.5. The fraction of sp³-hybridized carbons (Fsp3) is 0.667. The van der Waals surface area contributed by atoms with Crippen molar-refractivity contribution in [1.82, 2.24) is 15.1 Å². The fourth-order valence-electron chi connectivity index (χ4n) is 3.94. The van der Waals surface area contributed by atoms with Gasteiger partial charge in [-0.05, 0) is 50.4 Å². The quantitative estimate of drug-likeness (QED) is 0.697. The van der Waals surface area contributed by atoms with E-state index in [0.29, 0.717) is 36.7 Å². The van der Waals surface area contributed by atoms with Gasteiger partial charge in [-0.25, -0.2) is 4.79 Å². The van der Waals surface area contributed by atoms with Crippen LogP contribution in [0.15, 0.2) is 18.2 Å². The van der Waals surface area contributed by atoms with E-state index in [4.69, 9.17) is 9.47 Å². The molecule has 3 atom stereocenters. The number of hydrogen-bond acceptors (Lipinski definition) is 5. The third-order valence-electron chi connectivity index (χ3n) is 5.88. The topological polar surface area (TPSA) is 83.1 Å². The van der Waals surface area contributed by atoms with Crippen molar-refractivity contribution in [2.75, 3.05) is 52.3 Å². The summed E-state index contributed by atoms with van der Waals surface area (Å²) in [5.74, 6) is 0.608. The van der Waals surface area contributed by atoms with Crippen molar-refractivity contribution < 1.29 is 19.1 Å². The highest BCUT2D eigenvalue weighted by Crippen LogP contribution is 2.26. The molecule has 2 N–H and O–H groups in total. The Balaban J connectivity index is 2.35. The maximum Gasteiger partial charge on any atom is 0.319 e. The Morgan fingerprint density at radius 1 is 1.22 bits per heavy atom. The van der Waals surface area contributed by atoms with Crippen LogP contribution in [0.1, 0.15) is 50.9 Å². The highest BCUT2D eigenvalue weighted by Gasteiger charge is 2.28. The molecule has 0 radical (unpaired) electrons. The predicted molar refractivity (Wildman–Crippen MR) is 127 cm³/mol. The number of rotatable bonds is 6. The fourth-order valence-corrected chi connectivity index (χ4v) is 3.94. The SMILES string of the molecule is CCCNC(=O)Nc1ccc2c(c1)C(=O)N(C)C[C@@H](OC)[C@H](C)CN(CCC)[C@@H](C)CO2. The molecule has 32 heavy (non-hydrogen) atoms. The second-order valence-corrected chi connectivity index (χ2v) is 8.68. The van der Waals surface area contributed by atoms with Crippen molar-refractivity contribution in [2.45, 2.75) is 52.7 Å². The number of benzene rings is 1. The normalized spacial score (nSPS) is 22.9. The first-order valence-corrected chi connectivity index (χ1v) is 11.6. The molecular formula is C24H40N4O4. The molecule has 0 aliphatic carbocycles. The Labute approximate surface area is 192 Å². The minimum Gasteiger partial charge on any atom is -0.491 e. The number of nitrogens with one attached hydrogen (secondary N) is 2. The molecule has 2 rings (SSSR count). The van der Waals surface area contributed by atoms with Crippen LogP contribution in [0.3, 0.4) is 0 Å². The van der Waals surface area contributed by atoms with E-state index in [2.05, 4.69) is 36.3 Å². The summed E-state index contributed by atoms with van der Waals surface area (Å²) in [6, 6.07) is 5.10. The molecule has 0 unspecified atom stereocenters. The second-order valence-electron chi connectivity index (χ2n) is 8.68. The summed E-state index contributed by atoms with van der Waals surface area (Å²) in [6.45, 7) is 11.9. The van der Waals surface area contributed by atoms with Crippen molar-refractivity contribution in [1.29, 1.82) is 0 Å². The molecule has 0 aromatic heterocycles. The van der Waals surface area contributed by atoms with Crippen molar-refractivity contribution in [3.63, 3.8) is 0 Å². The number of carbonyl (C=O) groups excluding carboxylic acids is 2. The Hall–Kier alpha value is -2.32. The Bertz CT molecular complexity index is 758. The number of nitrogens with zero attached hydrogens (tertiary/aromatic N) is 2. The lowest BCUT2D eigenvalue weighted by molar-refractivity contribution is 0.0108. The van der Waals surface area contributed by atoms with Crippen LogP contribution in [-0.2, 0) is 4.74 Å². The maximum absolute atomic E-state index is 13.3. The molecule has 1 heterocycles. The van der Waals surface area contributed by atoms with Gasteiger partial charge in [0.2, 0.25) is 0 Å². The van der Waals surface area contributed by atoms with Crippen molar-refractivity contribution in [3.05, 3.63) is 23.8 Å². The second kappa shape index (κ2) is 12.6.